The molecular formula is C11H13ClN2O3. The lowest BCUT2D eigenvalue weighted by molar-refractivity contribution is -0.137. The summed E-state index contributed by atoms with van der Waals surface area (Å²) in [5.41, 5.74) is 0.410. The number of amides is 1. The third-order valence-corrected chi connectivity index (χ3v) is 3.14. The van der Waals surface area contributed by atoms with E-state index in [2.05, 4.69) is 4.98 Å². The first-order valence-electron chi connectivity index (χ1n) is 5.44. The van der Waals surface area contributed by atoms with Gasteiger partial charge in [-0.25, -0.2) is 0 Å². The summed E-state index contributed by atoms with van der Waals surface area (Å²) in [6.45, 7) is 0.605. The largest absolute Gasteiger partial charge is 0.481 e. The number of aromatic nitrogens is 1. The SMILES string of the molecule is O=C(O)CC1CCCN1C(=O)c1cc(Cl)c[nH]1. The smallest absolute Gasteiger partial charge is 0.305 e. The van der Waals surface area contributed by atoms with E-state index in [1.165, 1.54) is 6.20 Å². The third-order valence-electron chi connectivity index (χ3n) is 2.93. The number of aliphatic carboxylic acids is 1. The molecule has 0 bridgehead atoms. The molecule has 1 amide bonds. The van der Waals surface area contributed by atoms with Gasteiger partial charge in [0.25, 0.3) is 5.91 Å². The van der Waals surface area contributed by atoms with Crippen LogP contribution in [-0.2, 0) is 4.79 Å². The molecule has 1 aromatic rings. The van der Waals surface area contributed by atoms with Crippen LogP contribution in [-0.4, -0.2) is 39.5 Å². The Hall–Kier alpha value is -1.49. The topological polar surface area (TPSA) is 73.4 Å². The first-order chi connectivity index (χ1) is 8.08. The van der Waals surface area contributed by atoms with Gasteiger partial charge in [0.2, 0.25) is 0 Å². The van der Waals surface area contributed by atoms with E-state index in [9.17, 15) is 9.59 Å². The molecule has 1 unspecified atom stereocenters. The fourth-order valence-corrected chi connectivity index (χ4v) is 2.33. The Morgan fingerprint density at radius 3 is 2.94 bits per heavy atom. The van der Waals surface area contributed by atoms with E-state index in [0.29, 0.717) is 17.3 Å². The number of nitrogens with one attached hydrogen (secondary N) is 1. The van der Waals surface area contributed by atoms with Gasteiger partial charge in [-0.3, -0.25) is 9.59 Å². The summed E-state index contributed by atoms with van der Waals surface area (Å²) >= 11 is 5.74. The molecule has 0 spiro atoms. The number of H-pyrrole nitrogens is 1. The number of carbonyl (C=O) groups is 2. The molecule has 0 aliphatic carbocycles. The van der Waals surface area contributed by atoms with Gasteiger partial charge in [-0.2, -0.15) is 0 Å². The lowest BCUT2D eigenvalue weighted by Gasteiger charge is -2.22. The molecule has 6 heteroatoms. The minimum absolute atomic E-state index is 0.000179. The number of rotatable bonds is 3. The Morgan fingerprint density at radius 1 is 1.59 bits per heavy atom. The summed E-state index contributed by atoms with van der Waals surface area (Å²) in [7, 11) is 0. The predicted octanol–water partition coefficient (Wildman–Crippen LogP) is 1.75. The number of carboxylic acid groups (broad SMARTS) is 1. The van der Waals surface area contributed by atoms with Crippen LogP contribution in [0, 0.1) is 0 Å². The van der Waals surface area contributed by atoms with Gasteiger partial charge in [-0.05, 0) is 18.9 Å². The second kappa shape index (κ2) is 4.79. The number of halogens is 1. The van der Waals surface area contributed by atoms with Crippen molar-refractivity contribution in [1.82, 2.24) is 9.88 Å². The van der Waals surface area contributed by atoms with Crippen molar-refractivity contribution in [3.8, 4) is 0 Å². The van der Waals surface area contributed by atoms with Crippen molar-refractivity contribution in [3.05, 3.63) is 23.0 Å². The molecule has 1 aromatic heterocycles. The van der Waals surface area contributed by atoms with Gasteiger partial charge in [-0.15, -0.1) is 0 Å². The summed E-state index contributed by atoms with van der Waals surface area (Å²) in [4.78, 5) is 27.2. The number of likely N-dealkylation sites (tertiary alicyclic amines) is 1. The van der Waals surface area contributed by atoms with Crippen molar-refractivity contribution >= 4 is 23.5 Å². The highest BCUT2D eigenvalue weighted by molar-refractivity contribution is 6.30. The molecule has 92 valence electrons. The standard InChI is InChI=1S/C11H13ClN2O3/c12-7-4-9(13-6-7)11(17)14-3-1-2-8(14)5-10(15)16/h4,6,8,13H,1-3,5H2,(H,15,16). The highest BCUT2D eigenvalue weighted by Gasteiger charge is 2.31. The van der Waals surface area contributed by atoms with Crippen LogP contribution in [0.15, 0.2) is 12.3 Å². The number of carbonyl (C=O) groups excluding carboxylic acids is 1. The lowest BCUT2D eigenvalue weighted by Crippen LogP contribution is -2.37. The summed E-state index contributed by atoms with van der Waals surface area (Å²) in [6, 6.07) is 1.35. The van der Waals surface area contributed by atoms with E-state index in [1.807, 2.05) is 0 Å². The number of hydrogen-bond acceptors (Lipinski definition) is 2. The molecule has 17 heavy (non-hydrogen) atoms. The molecule has 2 heterocycles. The van der Waals surface area contributed by atoms with Crippen LogP contribution >= 0.6 is 11.6 Å². The van der Waals surface area contributed by atoms with Gasteiger partial charge in [0, 0.05) is 18.8 Å². The molecule has 1 aliphatic heterocycles. The number of carboxylic acids is 1. The van der Waals surface area contributed by atoms with Gasteiger partial charge in [-0.1, -0.05) is 11.6 Å². The maximum Gasteiger partial charge on any atom is 0.305 e. The highest BCUT2D eigenvalue weighted by atomic mass is 35.5. The van der Waals surface area contributed by atoms with Crippen molar-refractivity contribution in [3.63, 3.8) is 0 Å². The van der Waals surface area contributed by atoms with Crippen LogP contribution in [0.25, 0.3) is 0 Å². The lowest BCUT2D eigenvalue weighted by atomic mass is 10.1. The number of aromatic amines is 1. The fourth-order valence-electron chi connectivity index (χ4n) is 2.16. The molecule has 0 saturated carbocycles. The zero-order valence-electron chi connectivity index (χ0n) is 9.15. The monoisotopic (exact) mass is 256 g/mol. The quantitative estimate of drug-likeness (QED) is 0.865. The Bertz CT molecular complexity index is 444. The number of nitrogens with zero attached hydrogens (tertiary/aromatic N) is 1. The van der Waals surface area contributed by atoms with Gasteiger partial charge >= 0.3 is 5.97 Å². The van der Waals surface area contributed by atoms with Crippen LogP contribution in [0.3, 0.4) is 0 Å². The summed E-state index contributed by atoms with van der Waals surface area (Å²) in [6.07, 6.45) is 3.13. The van der Waals surface area contributed by atoms with Crippen molar-refractivity contribution in [2.75, 3.05) is 6.54 Å². The van der Waals surface area contributed by atoms with Gasteiger partial charge < -0.3 is 15.0 Å². The average Bonchev–Trinajstić information content (AvgIpc) is 2.85. The summed E-state index contributed by atoms with van der Waals surface area (Å²) in [5.74, 6) is -1.06. The molecule has 1 aliphatic rings. The Morgan fingerprint density at radius 2 is 2.35 bits per heavy atom. The van der Waals surface area contributed by atoms with Gasteiger partial charge in [0.05, 0.1) is 11.4 Å². The minimum Gasteiger partial charge on any atom is -0.481 e. The Kier molecular flexibility index (Phi) is 3.38. The predicted molar refractivity (Wildman–Crippen MR) is 62.1 cm³/mol. The number of hydrogen-bond donors (Lipinski definition) is 2. The molecule has 2 N–H and O–H groups in total. The van der Waals surface area contributed by atoms with E-state index < -0.39 is 5.97 Å². The maximum absolute atomic E-state index is 12.1. The highest BCUT2D eigenvalue weighted by Crippen LogP contribution is 2.23. The average molecular weight is 257 g/mol. The molecule has 1 saturated heterocycles. The maximum atomic E-state index is 12.1. The zero-order valence-corrected chi connectivity index (χ0v) is 9.91. The van der Waals surface area contributed by atoms with Crippen LogP contribution in [0.4, 0.5) is 0 Å². The van der Waals surface area contributed by atoms with Gasteiger partial charge in [0.1, 0.15) is 5.69 Å². The molecule has 2 rings (SSSR count). The Labute approximate surface area is 103 Å². The van der Waals surface area contributed by atoms with E-state index >= 15 is 0 Å². The van der Waals surface area contributed by atoms with Crippen LogP contribution in [0.2, 0.25) is 5.02 Å². The van der Waals surface area contributed by atoms with Crippen molar-refractivity contribution in [2.45, 2.75) is 25.3 Å². The fraction of sp³-hybridized carbons (Fsp3) is 0.455. The van der Waals surface area contributed by atoms with Crippen molar-refractivity contribution in [1.29, 1.82) is 0 Å². The van der Waals surface area contributed by atoms with Crippen molar-refractivity contribution in [2.24, 2.45) is 0 Å². The molecule has 1 fully saturated rings. The van der Waals surface area contributed by atoms with Gasteiger partial charge in [0.15, 0.2) is 0 Å². The van der Waals surface area contributed by atoms with Crippen LogP contribution in [0.1, 0.15) is 29.8 Å². The molecule has 0 aromatic carbocycles. The zero-order chi connectivity index (χ0) is 12.4. The molecule has 1 atom stereocenters. The summed E-state index contributed by atoms with van der Waals surface area (Å²) < 4.78 is 0. The first kappa shape index (κ1) is 12.0. The normalized spacial score (nSPS) is 19.6. The first-order valence-corrected chi connectivity index (χ1v) is 5.82. The molecular weight excluding hydrogens is 244 g/mol. The third kappa shape index (κ3) is 2.61. The molecule has 0 radical (unpaired) electrons. The molecule has 5 nitrogen and oxygen atoms in total. The van der Waals surface area contributed by atoms with Crippen LogP contribution < -0.4 is 0 Å². The van der Waals surface area contributed by atoms with Crippen molar-refractivity contribution < 1.29 is 14.7 Å². The summed E-state index contributed by atoms with van der Waals surface area (Å²) in [5, 5.41) is 9.26. The second-order valence-corrected chi connectivity index (χ2v) is 4.56. The second-order valence-electron chi connectivity index (χ2n) is 4.12. The van der Waals surface area contributed by atoms with E-state index in [-0.39, 0.29) is 18.4 Å². The van der Waals surface area contributed by atoms with E-state index in [0.717, 1.165) is 12.8 Å². The van der Waals surface area contributed by atoms with E-state index in [4.69, 9.17) is 16.7 Å². The minimum atomic E-state index is -0.876. The van der Waals surface area contributed by atoms with Crippen LogP contribution in [0.5, 0.6) is 0 Å². The van der Waals surface area contributed by atoms with E-state index in [1.54, 1.807) is 11.0 Å². The Balaban J connectivity index is 2.10.